The van der Waals surface area contributed by atoms with Gasteiger partial charge in [0.1, 0.15) is 5.52 Å². The average Bonchev–Trinajstić information content (AvgIpc) is 3.36. The highest BCUT2D eigenvalue weighted by atomic mass is 16.5. The number of nitrogens with one attached hydrogen (secondary N) is 1. The van der Waals surface area contributed by atoms with Crippen molar-refractivity contribution in [3.63, 3.8) is 0 Å². The van der Waals surface area contributed by atoms with Crippen LogP contribution in [0.2, 0.25) is 0 Å². The van der Waals surface area contributed by atoms with Crippen molar-refractivity contribution in [2.75, 3.05) is 45.2 Å². The summed E-state index contributed by atoms with van der Waals surface area (Å²) in [5, 5.41) is 9.43. The van der Waals surface area contributed by atoms with Crippen LogP contribution in [0, 0.1) is 0 Å². The van der Waals surface area contributed by atoms with Gasteiger partial charge in [-0.25, -0.2) is 9.67 Å². The predicted molar refractivity (Wildman–Crippen MR) is 136 cm³/mol. The molecule has 0 saturated carbocycles. The second kappa shape index (κ2) is 8.52. The first-order chi connectivity index (χ1) is 17.1. The highest BCUT2D eigenvalue weighted by molar-refractivity contribution is 6.03. The Morgan fingerprint density at radius 3 is 2.37 bits per heavy atom. The molecule has 176 valence electrons. The Morgan fingerprint density at radius 2 is 1.66 bits per heavy atom. The number of pyridine rings is 2. The number of H-pyrrole nitrogens is 1. The Hall–Kier alpha value is -4.24. The number of rotatable bonds is 4. The van der Waals surface area contributed by atoms with E-state index in [4.69, 9.17) is 4.74 Å². The topological polar surface area (TPSA) is 92.2 Å². The van der Waals surface area contributed by atoms with E-state index in [0.29, 0.717) is 16.9 Å². The normalized spacial score (nSPS) is 14.6. The average molecular weight is 468 g/mol. The van der Waals surface area contributed by atoms with Gasteiger partial charge in [-0.1, -0.05) is 11.3 Å². The maximum Gasteiger partial charge on any atom is 0.278 e. The molecule has 35 heavy (non-hydrogen) atoms. The molecule has 1 aliphatic heterocycles. The lowest BCUT2D eigenvalue weighted by molar-refractivity contribution is 0.313. The third kappa shape index (κ3) is 3.79. The summed E-state index contributed by atoms with van der Waals surface area (Å²) in [6.07, 6.45) is 1.77. The van der Waals surface area contributed by atoms with E-state index in [0.717, 1.165) is 53.9 Å². The van der Waals surface area contributed by atoms with Gasteiger partial charge in [-0.15, -0.1) is 5.10 Å². The molecule has 0 amide bonds. The SMILES string of the molecule is COc1ccc(-c2ccc3[nH]c(=O)c4nnn(-c5ccc(N6CCN(C)CC6)cc5)c4c3c2)cn1. The van der Waals surface area contributed by atoms with Crippen molar-refractivity contribution < 1.29 is 4.74 Å². The van der Waals surface area contributed by atoms with Gasteiger partial charge in [0.05, 0.1) is 18.3 Å². The zero-order valence-corrected chi connectivity index (χ0v) is 19.6. The fourth-order valence-electron chi connectivity index (χ4n) is 4.61. The van der Waals surface area contributed by atoms with Gasteiger partial charge in [-0.2, -0.15) is 0 Å². The van der Waals surface area contributed by atoms with Crippen LogP contribution in [0.3, 0.4) is 0 Å². The van der Waals surface area contributed by atoms with Crippen LogP contribution in [0.4, 0.5) is 5.69 Å². The summed E-state index contributed by atoms with van der Waals surface area (Å²) in [6.45, 7) is 4.11. The molecule has 0 atom stereocenters. The standard InChI is InChI=1S/C26H25N7O2/c1-31-11-13-32(14-12-31)19-5-7-20(8-6-19)33-25-21-15-17(18-4-10-23(35-2)27-16-18)3-9-22(21)28-26(34)24(25)29-30-33/h3-10,15-16H,11-14H2,1-2H3,(H,28,34). The number of anilines is 1. The minimum absolute atomic E-state index is 0.258. The van der Waals surface area contributed by atoms with Crippen molar-refractivity contribution in [3.05, 3.63) is 71.1 Å². The first-order valence-electron chi connectivity index (χ1n) is 11.6. The molecule has 2 aromatic carbocycles. The first kappa shape index (κ1) is 21.3. The second-order valence-corrected chi connectivity index (χ2v) is 8.81. The summed E-state index contributed by atoms with van der Waals surface area (Å²) in [5.74, 6) is 0.559. The lowest BCUT2D eigenvalue weighted by Crippen LogP contribution is -2.44. The number of fused-ring (bicyclic) bond motifs is 3. The van der Waals surface area contributed by atoms with E-state index in [1.165, 1.54) is 5.69 Å². The molecule has 0 aliphatic carbocycles. The fourth-order valence-corrected chi connectivity index (χ4v) is 4.61. The number of hydrogen-bond donors (Lipinski definition) is 1. The van der Waals surface area contributed by atoms with Crippen LogP contribution in [0.15, 0.2) is 65.6 Å². The molecule has 1 saturated heterocycles. The van der Waals surface area contributed by atoms with Crippen LogP contribution in [0.5, 0.6) is 5.88 Å². The molecule has 9 heteroatoms. The van der Waals surface area contributed by atoms with Crippen molar-refractivity contribution in [3.8, 4) is 22.7 Å². The quantitative estimate of drug-likeness (QED) is 0.434. The fraction of sp³-hybridized carbons (Fsp3) is 0.231. The van der Waals surface area contributed by atoms with E-state index in [9.17, 15) is 4.79 Å². The number of nitrogens with zero attached hydrogens (tertiary/aromatic N) is 6. The number of aromatic amines is 1. The molecular weight excluding hydrogens is 442 g/mol. The molecule has 1 N–H and O–H groups in total. The molecule has 0 bridgehead atoms. The van der Waals surface area contributed by atoms with Crippen LogP contribution in [0.25, 0.3) is 38.8 Å². The summed E-state index contributed by atoms with van der Waals surface area (Å²) >= 11 is 0. The molecule has 0 spiro atoms. The first-order valence-corrected chi connectivity index (χ1v) is 11.6. The summed E-state index contributed by atoms with van der Waals surface area (Å²) in [4.78, 5) is 24.7. The van der Waals surface area contributed by atoms with Crippen molar-refractivity contribution in [1.82, 2.24) is 29.9 Å². The highest BCUT2D eigenvalue weighted by Crippen LogP contribution is 2.29. The van der Waals surface area contributed by atoms with Gasteiger partial charge in [0.25, 0.3) is 5.56 Å². The molecule has 3 aromatic heterocycles. The van der Waals surface area contributed by atoms with Gasteiger partial charge < -0.3 is 19.5 Å². The van der Waals surface area contributed by atoms with E-state index in [1.807, 2.05) is 42.5 Å². The maximum atomic E-state index is 12.7. The van der Waals surface area contributed by atoms with Crippen molar-refractivity contribution >= 4 is 27.6 Å². The van der Waals surface area contributed by atoms with Crippen molar-refractivity contribution in [1.29, 1.82) is 0 Å². The second-order valence-electron chi connectivity index (χ2n) is 8.81. The van der Waals surface area contributed by atoms with Gasteiger partial charge in [0.2, 0.25) is 5.88 Å². The van der Waals surface area contributed by atoms with Gasteiger partial charge in [-0.3, -0.25) is 4.79 Å². The van der Waals surface area contributed by atoms with Crippen LogP contribution >= 0.6 is 0 Å². The van der Waals surface area contributed by atoms with Crippen LogP contribution in [0.1, 0.15) is 0 Å². The lowest BCUT2D eigenvalue weighted by Gasteiger charge is -2.34. The number of aromatic nitrogens is 5. The zero-order valence-electron chi connectivity index (χ0n) is 19.6. The molecule has 0 radical (unpaired) electrons. The van der Waals surface area contributed by atoms with Crippen LogP contribution in [-0.2, 0) is 0 Å². The monoisotopic (exact) mass is 467 g/mol. The Labute approximate surface area is 201 Å². The predicted octanol–water partition coefficient (Wildman–Crippen LogP) is 3.08. The summed E-state index contributed by atoms with van der Waals surface area (Å²) in [6, 6.07) is 18.0. The van der Waals surface area contributed by atoms with E-state index < -0.39 is 0 Å². The number of methoxy groups -OCH3 is 1. The Kier molecular flexibility index (Phi) is 5.18. The number of ether oxygens (including phenoxy) is 1. The Bertz CT molecular complexity index is 1560. The number of hydrogen-bond acceptors (Lipinski definition) is 7. The third-order valence-electron chi connectivity index (χ3n) is 6.65. The lowest BCUT2D eigenvalue weighted by atomic mass is 10.0. The van der Waals surface area contributed by atoms with Crippen LogP contribution < -0.4 is 15.2 Å². The molecule has 0 unspecified atom stereocenters. The van der Waals surface area contributed by atoms with Crippen molar-refractivity contribution in [2.24, 2.45) is 0 Å². The molecule has 1 aliphatic rings. The third-order valence-corrected chi connectivity index (χ3v) is 6.65. The minimum atomic E-state index is -0.258. The Balaban J connectivity index is 1.44. The van der Waals surface area contributed by atoms with Crippen molar-refractivity contribution in [2.45, 2.75) is 0 Å². The van der Waals surface area contributed by atoms with Gasteiger partial charge in [0, 0.05) is 55.1 Å². The smallest absolute Gasteiger partial charge is 0.278 e. The molecule has 4 heterocycles. The summed E-state index contributed by atoms with van der Waals surface area (Å²) in [5.41, 5.74) is 5.42. The van der Waals surface area contributed by atoms with Gasteiger partial charge >= 0.3 is 0 Å². The number of benzene rings is 2. The summed E-state index contributed by atoms with van der Waals surface area (Å²) < 4.78 is 6.92. The number of likely N-dealkylation sites (N-methyl/N-ethyl adjacent to an activating group) is 1. The van der Waals surface area contributed by atoms with E-state index >= 15 is 0 Å². The Morgan fingerprint density at radius 1 is 0.914 bits per heavy atom. The summed E-state index contributed by atoms with van der Waals surface area (Å²) in [7, 11) is 3.75. The largest absolute Gasteiger partial charge is 0.481 e. The molecular formula is C26H25N7O2. The zero-order chi connectivity index (χ0) is 23.9. The van der Waals surface area contributed by atoms with Gasteiger partial charge in [-0.05, 0) is 55.1 Å². The molecule has 5 aromatic rings. The van der Waals surface area contributed by atoms with Gasteiger partial charge in [0.15, 0.2) is 5.52 Å². The highest BCUT2D eigenvalue weighted by Gasteiger charge is 2.17. The van der Waals surface area contributed by atoms with E-state index in [2.05, 4.69) is 49.3 Å². The molecule has 1 fully saturated rings. The van der Waals surface area contributed by atoms with Crippen LogP contribution in [-0.4, -0.2) is 70.2 Å². The molecule has 6 rings (SSSR count). The maximum absolute atomic E-state index is 12.7. The minimum Gasteiger partial charge on any atom is -0.481 e. The van der Waals surface area contributed by atoms with E-state index in [-0.39, 0.29) is 5.56 Å². The molecule has 9 nitrogen and oxygen atoms in total. The number of piperazine rings is 1. The van der Waals surface area contributed by atoms with E-state index in [1.54, 1.807) is 18.0 Å².